The molecule has 0 bridgehead atoms. The Hall–Kier alpha value is -0.780. The van der Waals surface area contributed by atoms with E-state index in [0.29, 0.717) is 0 Å². The minimum absolute atomic E-state index is 0.660. The molecule has 74 valence electrons. The highest BCUT2D eigenvalue weighted by Crippen LogP contribution is 2.28. The van der Waals surface area contributed by atoms with E-state index in [9.17, 15) is 5.11 Å². The van der Waals surface area contributed by atoms with E-state index >= 15 is 0 Å². The third-order valence-electron chi connectivity index (χ3n) is 1.75. The van der Waals surface area contributed by atoms with Crippen molar-refractivity contribution in [2.24, 2.45) is 0 Å². The van der Waals surface area contributed by atoms with Gasteiger partial charge in [0.05, 0.1) is 0 Å². The smallest absolute Gasteiger partial charge is 0.157 e. The van der Waals surface area contributed by atoms with Crippen LogP contribution in [0.1, 0.15) is 25.9 Å². The van der Waals surface area contributed by atoms with Gasteiger partial charge in [-0.3, -0.25) is 0 Å². The van der Waals surface area contributed by atoms with Crippen LogP contribution in [0.4, 0.5) is 0 Å². The van der Waals surface area contributed by atoms with Gasteiger partial charge in [0.2, 0.25) is 0 Å². The fraction of sp³-hybridized carbons (Fsp3) is 0.333. The Morgan fingerprint density at radius 1 is 1.07 bits per heavy atom. The number of thiazole rings is 2. The molecule has 0 aliphatic carbocycles. The molecule has 0 aliphatic rings. The van der Waals surface area contributed by atoms with Gasteiger partial charge in [-0.05, 0) is 13.8 Å². The summed E-state index contributed by atoms with van der Waals surface area (Å²) in [5.41, 5.74) is 0. The molecule has 2 aromatic heterocycles. The van der Waals surface area contributed by atoms with E-state index in [1.54, 1.807) is 12.4 Å². The molecule has 0 aliphatic heterocycles. The van der Waals surface area contributed by atoms with Crippen molar-refractivity contribution in [3.8, 4) is 0 Å². The van der Waals surface area contributed by atoms with Gasteiger partial charge in [-0.25, -0.2) is 9.97 Å². The number of aromatic nitrogens is 2. The van der Waals surface area contributed by atoms with Gasteiger partial charge < -0.3 is 5.11 Å². The maximum absolute atomic E-state index is 9.91. The number of aliphatic hydroxyl groups excluding tert-OH is 1. The zero-order valence-corrected chi connectivity index (χ0v) is 9.52. The Kier molecular flexibility index (Phi) is 2.62. The fourth-order valence-corrected chi connectivity index (χ4v) is 2.71. The lowest BCUT2D eigenvalue weighted by molar-refractivity contribution is 0.219. The molecule has 0 aromatic carbocycles. The normalized spacial score (nSPS) is 11.1. The zero-order chi connectivity index (χ0) is 10.1. The molecule has 14 heavy (non-hydrogen) atoms. The average Bonchev–Trinajstić information content (AvgIpc) is 2.73. The van der Waals surface area contributed by atoms with E-state index in [1.165, 1.54) is 22.7 Å². The largest absolute Gasteiger partial charge is 0.379 e. The van der Waals surface area contributed by atoms with Gasteiger partial charge in [0.15, 0.2) is 6.10 Å². The first-order chi connectivity index (χ1) is 6.66. The Balaban J connectivity index is 2.28. The van der Waals surface area contributed by atoms with Crippen LogP contribution in [0.3, 0.4) is 0 Å². The van der Waals surface area contributed by atoms with Crippen molar-refractivity contribution in [2.75, 3.05) is 0 Å². The standard InChI is InChI=1S/C9H10N2OS2/c1-5-3-10-8(13-5)7(12)9-11-4-6(2)14-9/h3-4,7,12H,1-2H3. The molecule has 0 amide bonds. The number of nitrogens with zero attached hydrogens (tertiary/aromatic N) is 2. The van der Waals surface area contributed by atoms with Crippen molar-refractivity contribution < 1.29 is 5.11 Å². The molecule has 0 fully saturated rings. The molecule has 0 saturated heterocycles. The lowest BCUT2D eigenvalue weighted by atomic mass is 10.4. The SMILES string of the molecule is Cc1cnc(C(O)c2ncc(C)s2)s1. The summed E-state index contributed by atoms with van der Waals surface area (Å²) in [6.07, 6.45) is 2.88. The van der Waals surface area contributed by atoms with Gasteiger partial charge in [0.25, 0.3) is 0 Å². The molecule has 0 unspecified atom stereocenters. The summed E-state index contributed by atoms with van der Waals surface area (Å²) in [6, 6.07) is 0. The highest BCUT2D eigenvalue weighted by atomic mass is 32.1. The van der Waals surface area contributed by atoms with Crippen LogP contribution in [-0.4, -0.2) is 15.1 Å². The number of rotatable bonds is 2. The van der Waals surface area contributed by atoms with Crippen LogP contribution in [0, 0.1) is 13.8 Å². The first kappa shape index (κ1) is 9.76. The van der Waals surface area contributed by atoms with Crippen molar-refractivity contribution in [1.82, 2.24) is 9.97 Å². The Bertz CT molecular complexity index is 395. The Morgan fingerprint density at radius 3 is 1.79 bits per heavy atom. The van der Waals surface area contributed by atoms with E-state index in [4.69, 9.17) is 0 Å². The van der Waals surface area contributed by atoms with Gasteiger partial charge >= 0.3 is 0 Å². The maximum Gasteiger partial charge on any atom is 0.157 e. The molecular weight excluding hydrogens is 216 g/mol. The molecule has 2 heterocycles. The molecule has 0 saturated carbocycles. The lowest BCUT2D eigenvalue weighted by Gasteiger charge is -2.01. The maximum atomic E-state index is 9.91. The Labute approximate surface area is 90.1 Å². The monoisotopic (exact) mass is 226 g/mol. The van der Waals surface area contributed by atoms with Gasteiger partial charge in [0.1, 0.15) is 10.0 Å². The summed E-state index contributed by atoms with van der Waals surface area (Å²) in [5, 5.41) is 11.4. The molecule has 2 rings (SSSR count). The Morgan fingerprint density at radius 2 is 1.50 bits per heavy atom. The van der Waals surface area contributed by atoms with E-state index in [1.807, 2.05) is 13.8 Å². The first-order valence-corrected chi connectivity index (χ1v) is 5.83. The summed E-state index contributed by atoms with van der Waals surface area (Å²) >= 11 is 3.01. The molecule has 2 aromatic rings. The summed E-state index contributed by atoms with van der Waals surface area (Å²) in [5.74, 6) is 0. The van der Waals surface area contributed by atoms with Crippen LogP contribution >= 0.6 is 22.7 Å². The molecular formula is C9H10N2OS2. The third kappa shape index (κ3) is 1.84. The molecule has 0 radical (unpaired) electrons. The highest BCUT2D eigenvalue weighted by Gasteiger charge is 2.16. The van der Waals surface area contributed by atoms with Crippen LogP contribution in [0.15, 0.2) is 12.4 Å². The van der Waals surface area contributed by atoms with Gasteiger partial charge in [-0.15, -0.1) is 22.7 Å². The van der Waals surface area contributed by atoms with Gasteiger partial charge in [0, 0.05) is 22.1 Å². The van der Waals surface area contributed by atoms with Crippen molar-refractivity contribution in [3.63, 3.8) is 0 Å². The molecule has 0 atom stereocenters. The van der Waals surface area contributed by atoms with E-state index in [0.717, 1.165) is 19.8 Å². The van der Waals surface area contributed by atoms with Crippen molar-refractivity contribution in [1.29, 1.82) is 0 Å². The van der Waals surface area contributed by atoms with Crippen LogP contribution in [-0.2, 0) is 0 Å². The quantitative estimate of drug-likeness (QED) is 0.854. The fourth-order valence-electron chi connectivity index (χ4n) is 1.10. The first-order valence-electron chi connectivity index (χ1n) is 4.19. The molecule has 3 nitrogen and oxygen atoms in total. The number of hydrogen-bond acceptors (Lipinski definition) is 5. The highest BCUT2D eigenvalue weighted by molar-refractivity contribution is 7.13. The van der Waals surface area contributed by atoms with Crippen LogP contribution in [0.2, 0.25) is 0 Å². The van der Waals surface area contributed by atoms with E-state index in [2.05, 4.69) is 9.97 Å². The number of aliphatic hydroxyl groups is 1. The summed E-state index contributed by atoms with van der Waals surface area (Å²) in [4.78, 5) is 10.5. The third-order valence-corrected chi connectivity index (χ3v) is 3.68. The molecule has 0 spiro atoms. The summed E-state index contributed by atoms with van der Waals surface area (Å²) < 4.78 is 0. The number of hydrogen-bond donors (Lipinski definition) is 1. The molecule has 1 N–H and O–H groups in total. The van der Waals surface area contributed by atoms with Crippen LogP contribution in [0.5, 0.6) is 0 Å². The minimum Gasteiger partial charge on any atom is -0.379 e. The van der Waals surface area contributed by atoms with Crippen molar-refractivity contribution in [3.05, 3.63) is 32.2 Å². The molecule has 5 heteroatoms. The predicted octanol–water partition coefficient (Wildman–Crippen LogP) is 2.30. The summed E-state index contributed by atoms with van der Waals surface area (Å²) in [7, 11) is 0. The van der Waals surface area contributed by atoms with Crippen LogP contribution < -0.4 is 0 Å². The van der Waals surface area contributed by atoms with Gasteiger partial charge in [-0.2, -0.15) is 0 Å². The second kappa shape index (κ2) is 3.76. The van der Waals surface area contributed by atoms with E-state index in [-0.39, 0.29) is 0 Å². The minimum atomic E-state index is -0.660. The van der Waals surface area contributed by atoms with Crippen molar-refractivity contribution >= 4 is 22.7 Å². The van der Waals surface area contributed by atoms with Crippen molar-refractivity contribution in [2.45, 2.75) is 20.0 Å². The lowest BCUT2D eigenvalue weighted by Crippen LogP contribution is -1.97. The van der Waals surface area contributed by atoms with Crippen LogP contribution in [0.25, 0.3) is 0 Å². The summed E-state index contributed by atoms with van der Waals surface area (Å²) in [6.45, 7) is 3.95. The second-order valence-corrected chi connectivity index (χ2v) is 5.55. The topological polar surface area (TPSA) is 46.0 Å². The number of aryl methyl sites for hydroxylation is 2. The van der Waals surface area contributed by atoms with E-state index < -0.39 is 6.10 Å². The predicted molar refractivity (Wildman–Crippen MR) is 57.8 cm³/mol. The van der Waals surface area contributed by atoms with Gasteiger partial charge in [-0.1, -0.05) is 0 Å². The average molecular weight is 226 g/mol. The second-order valence-electron chi connectivity index (χ2n) is 3.02. The zero-order valence-electron chi connectivity index (χ0n) is 7.89.